The van der Waals surface area contributed by atoms with Crippen molar-refractivity contribution < 1.29 is 14.3 Å². The van der Waals surface area contributed by atoms with Crippen LogP contribution in [0.2, 0.25) is 0 Å². The van der Waals surface area contributed by atoms with E-state index >= 15 is 0 Å². The number of ether oxygens (including phenoxy) is 1. The number of piperazine rings is 1. The summed E-state index contributed by atoms with van der Waals surface area (Å²) in [6, 6.07) is 17.6. The van der Waals surface area contributed by atoms with Crippen molar-refractivity contribution in [2.75, 3.05) is 55.9 Å². The third-order valence-electron chi connectivity index (χ3n) is 6.79. The normalized spacial score (nSPS) is 13.7. The lowest BCUT2D eigenvalue weighted by Gasteiger charge is -2.35. The highest BCUT2D eigenvalue weighted by Gasteiger charge is 2.21. The number of aromatic nitrogens is 2. The Bertz CT molecular complexity index is 1500. The number of aryl methyl sites for hydroxylation is 1. The van der Waals surface area contributed by atoms with Gasteiger partial charge in [0.25, 0.3) is 5.91 Å². The number of amides is 3. The first-order valence-electron chi connectivity index (χ1n) is 12.7. The van der Waals surface area contributed by atoms with Gasteiger partial charge in [-0.2, -0.15) is 0 Å². The van der Waals surface area contributed by atoms with Gasteiger partial charge in [0, 0.05) is 42.8 Å². The van der Waals surface area contributed by atoms with Crippen molar-refractivity contribution in [3.05, 3.63) is 78.1 Å². The molecule has 1 fully saturated rings. The Kier molecular flexibility index (Phi) is 7.55. The van der Waals surface area contributed by atoms with Crippen LogP contribution in [0.15, 0.2) is 67.0 Å². The lowest BCUT2D eigenvalue weighted by atomic mass is 10.1. The molecule has 3 N–H and O–H groups in total. The molecule has 1 aliphatic rings. The molecular formula is C29H31N7O3. The Morgan fingerprint density at radius 1 is 0.923 bits per heavy atom. The second kappa shape index (κ2) is 11.4. The summed E-state index contributed by atoms with van der Waals surface area (Å²) in [4.78, 5) is 39.1. The molecule has 3 amide bonds. The highest BCUT2D eigenvalue weighted by atomic mass is 16.5. The van der Waals surface area contributed by atoms with E-state index in [0.29, 0.717) is 17.1 Å². The number of urea groups is 1. The molecule has 5 rings (SSSR count). The van der Waals surface area contributed by atoms with Crippen LogP contribution in [0.1, 0.15) is 15.9 Å². The second-order valence-corrected chi connectivity index (χ2v) is 9.48. The van der Waals surface area contributed by atoms with Crippen LogP contribution in [-0.4, -0.2) is 67.1 Å². The molecule has 0 aliphatic carbocycles. The maximum Gasteiger partial charge on any atom is 0.326 e. The summed E-state index contributed by atoms with van der Waals surface area (Å²) in [5.41, 5.74) is 4.41. The van der Waals surface area contributed by atoms with Crippen LogP contribution in [0.5, 0.6) is 5.75 Å². The molecule has 0 unspecified atom stereocenters. The van der Waals surface area contributed by atoms with Gasteiger partial charge in [-0.1, -0.05) is 18.2 Å². The monoisotopic (exact) mass is 525 g/mol. The number of methoxy groups -OCH3 is 1. The van der Waals surface area contributed by atoms with Crippen molar-refractivity contribution in [1.82, 2.24) is 20.2 Å². The first kappa shape index (κ1) is 25.9. The number of carbonyl (C=O) groups is 2. The van der Waals surface area contributed by atoms with Crippen molar-refractivity contribution in [2.45, 2.75) is 6.92 Å². The van der Waals surface area contributed by atoms with Gasteiger partial charge >= 0.3 is 6.03 Å². The number of hydrogen-bond acceptors (Lipinski definition) is 8. The molecule has 0 bridgehead atoms. The van der Waals surface area contributed by atoms with E-state index in [1.807, 2.05) is 43.3 Å². The predicted molar refractivity (Wildman–Crippen MR) is 153 cm³/mol. The smallest absolute Gasteiger partial charge is 0.326 e. The Morgan fingerprint density at radius 2 is 1.69 bits per heavy atom. The average Bonchev–Trinajstić information content (AvgIpc) is 2.95. The Labute approximate surface area is 227 Å². The third-order valence-corrected chi connectivity index (χ3v) is 6.79. The zero-order valence-electron chi connectivity index (χ0n) is 22.2. The van der Waals surface area contributed by atoms with E-state index in [0.717, 1.165) is 59.8 Å². The molecule has 0 saturated carbocycles. The summed E-state index contributed by atoms with van der Waals surface area (Å²) in [5, 5.41) is 9.46. The van der Waals surface area contributed by atoms with Gasteiger partial charge in [-0.25, -0.2) is 14.8 Å². The Morgan fingerprint density at radius 3 is 2.41 bits per heavy atom. The standard InChI is InChI=1S/C29H31N7O3/c1-19-15-21(39-3)9-10-23(19)32-27-22-16-25(33-29(38)34-28(37)20-7-5-4-6-8-20)26(17-24(22)30-18-31-27)36-13-11-35(2)12-14-36/h4-10,15-18H,11-14H2,1-3H3,(H,30,31,32)(H2,33,34,37,38). The molecule has 1 saturated heterocycles. The topological polar surface area (TPSA) is 112 Å². The number of rotatable bonds is 6. The number of nitrogens with one attached hydrogen (secondary N) is 3. The van der Waals surface area contributed by atoms with Gasteiger partial charge in [0.2, 0.25) is 0 Å². The Hall–Kier alpha value is -4.70. The number of anilines is 4. The van der Waals surface area contributed by atoms with Gasteiger partial charge in [0.15, 0.2) is 0 Å². The maximum atomic E-state index is 13.0. The summed E-state index contributed by atoms with van der Waals surface area (Å²) in [6.45, 7) is 5.36. The van der Waals surface area contributed by atoms with E-state index in [2.05, 4.69) is 42.8 Å². The van der Waals surface area contributed by atoms with E-state index < -0.39 is 11.9 Å². The van der Waals surface area contributed by atoms with E-state index in [1.165, 1.54) is 6.33 Å². The summed E-state index contributed by atoms with van der Waals surface area (Å²) in [5.74, 6) is 0.891. The quantitative estimate of drug-likeness (QED) is 0.340. The molecule has 4 aromatic rings. The molecule has 2 heterocycles. The zero-order chi connectivity index (χ0) is 27.4. The van der Waals surface area contributed by atoms with E-state index in [4.69, 9.17) is 4.74 Å². The molecule has 10 nitrogen and oxygen atoms in total. The van der Waals surface area contributed by atoms with E-state index in [1.54, 1.807) is 31.4 Å². The largest absolute Gasteiger partial charge is 0.497 e. The molecule has 0 atom stereocenters. The number of benzene rings is 3. The minimum atomic E-state index is -0.615. The SMILES string of the molecule is COc1ccc(Nc2ncnc3cc(N4CCN(C)CC4)c(NC(=O)NC(=O)c4ccccc4)cc23)c(C)c1. The molecule has 0 spiro atoms. The summed E-state index contributed by atoms with van der Waals surface area (Å²) >= 11 is 0. The van der Waals surface area contributed by atoms with Gasteiger partial charge in [0.05, 0.1) is 24.0 Å². The fraction of sp³-hybridized carbons (Fsp3) is 0.241. The Balaban J connectivity index is 1.49. The highest BCUT2D eigenvalue weighted by Crippen LogP contribution is 2.35. The second-order valence-electron chi connectivity index (χ2n) is 9.48. The number of hydrogen-bond donors (Lipinski definition) is 3. The first-order chi connectivity index (χ1) is 18.9. The maximum absolute atomic E-state index is 13.0. The van der Waals surface area contributed by atoms with Crippen LogP contribution in [-0.2, 0) is 0 Å². The van der Waals surface area contributed by atoms with Gasteiger partial charge in [-0.3, -0.25) is 10.1 Å². The van der Waals surface area contributed by atoms with Crippen molar-refractivity contribution >= 4 is 45.7 Å². The third kappa shape index (κ3) is 5.91. The van der Waals surface area contributed by atoms with Crippen LogP contribution >= 0.6 is 0 Å². The first-order valence-corrected chi connectivity index (χ1v) is 12.7. The molecule has 39 heavy (non-hydrogen) atoms. The van der Waals surface area contributed by atoms with Crippen LogP contribution in [0.4, 0.5) is 27.7 Å². The van der Waals surface area contributed by atoms with Gasteiger partial charge < -0.3 is 25.2 Å². The number of carbonyl (C=O) groups excluding carboxylic acids is 2. The summed E-state index contributed by atoms with van der Waals surface area (Å²) in [6.07, 6.45) is 1.52. The summed E-state index contributed by atoms with van der Waals surface area (Å²) < 4.78 is 5.33. The molecule has 200 valence electrons. The fourth-order valence-corrected chi connectivity index (χ4v) is 4.55. The van der Waals surface area contributed by atoms with Crippen molar-refractivity contribution in [3.63, 3.8) is 0 Å². The molecular weight excluding hydrogens is 494 g/mol. The van der Waals surface area contributed by atoms with Crippen LogP contribution < -0.4 is 25.6 Å². The van der Waals surface area contributed by atoms with E-state index in [-0.39, 0.29) is 0 Å². The van der Waals surface area contributed by atoms with Crippen molar-refractivity contribution in [3.8, 4) is 5.75 Å². The van der Waals surface area contributed by atoms with Crippen LogP contribution in [0.25, 0.3) is 10.9 Å². The molecule has 1 aliphatic heterocycles. The molecule has 1 aromatic heterocycles. The lowest BCUT2D eigenvalue weighted by Crippen LogP contribution is -2.45. The van der Waals surface area contributed by atoms with Crippen LogP contribution in [0, 0.1) is 6.92 Å². The highest BCUT2D eigenvalue weighted by molar-refractivity contribution is 6.10. The minimum absolute atomic E-state index is 0.403. The number of imide groups is 1. The van der Waals surface area contributed by atoms with Gasteiger partial charge in [-0.15, -0.1) is 0 Å². The fourth-order valence-electron chi connectivity index (χ4n) is 4.55. The predicted octanol–water partition coefficient (Wildman–Crippen LogP) is 4.40. The molecule has 3 aromatic carbocycles. The van der Waals surface area contributed by atoms with Crippen molar-refractivity contribution in [2.24, 2.45) is 0 Å². The van der Waals surface area contributed by atoms with Crippen LogP contribution in [0.3, 0.4) is 0 Å². The minimum Gasteiger partial charge on any atom is -0.497 e. The number of fused-ring (bicyclic) bond motifs is 1. The van der Waals surface area contributed by atoms with Crippen molar-refractivity contribution in [1.29, 1.82) is 0 Å². The number of likely N-dealkylation sites (N-methyl/N-ethyl adjacent to an activating group) is 1. The van der Waals surface area contributed by atoms with Gasteiger partial charge in [-0.05, 0) is 62.0 Å². The summed E-state index contributed by atoms with van der Waals surface area (Å²) in [7, 11) is 3.72. The van der Waals surface area contributed by atoms with E-state index in [9.17, 15) is 9.59 Å². The number of nitrogens with zero attached hydrogens (tertiary/aromatic N) is 4. The lowest BCUT2D eigenvalue weighted by molar-refractivity contribution is 0.0967. The zero-order valence-corrected chi connectivity index (χ0v) is 22.2. The van der Waals surface area contributed by atoms with Gasteiger partial charge in [0.1, 0.15) is 17.9 Å². The molecule has 10 heteroatoms. The molecule has 0 radical (unpaired) electrons. The average molecular weight is 526 g/mol.